The molecule has 2 rings (SSSR count). The molecule has 4 N–H and O–H groups in total. The summed E-state index contributed by atoms with van der Waals surface area (Å²) < 4.78 is 0. The first-order valence-corrected chi connectivity index (χ1v) is 8.76. The van der Waals surface area contributed by atoms with Gasteiger partial charge in [-0.1, -0.05) is 23.2 Å². The van der Waals surface area contributed by atoms with Crippen LogP contribution in [0, 0.1) is 0 Å². The number of hydrogen-bond acceptors (Lipinski definition) is 3. The molecule has 0 aliphatic heterocycles. The number of benzene rings is 2. The van der Waals surface area contributed by atoms with Crippen LogP contribution < -0.4 is 21.3 Å². The average Bonchev–Trinajstić information content (AvgIpc) is 2.62. The summed E-state index contributed by atoms with van der Waals surface area (Å²) in [5, 5.41) is 11.2. The molecule has 0 spiro atoms. The highest BCUT2D eigenvalue weighted by molar-refractivity contribution is 6.42. The maximum atomic E-state index is 12.0. The summed E-state index contributed by atoms with van der Waals surface area (Å²) in [7, 11) is 0. The van der Waals surface area contributed by atoms with Crippen molar-refractivity contribution in [3.63, 3.8) is 0 Å². The molecule has 9 heteroatoms. The first kappa shape index (κ1) is 20.5. The van der Waals surface area contributed by atoms with Gasteiger partial charge >= 0.3 is 6.03 Å². The van der Waals surface area contributed by atoms with E-state index in [0.717, 1.165) is 0 Å². The largest absolute Gasteiger partial charge is 0.350 e. The minimum atomic E-state index is -0.411. The van der Waals surface area contributed by atoms with Crippen molar-refractivity contribution < 1.29 is 14.4 Å². The standard InChI is InChI=1S/C18H18Cl2N4O3/c1-11(25)23-13-3-5-14(6-4-13)24-18(27)22-9-8-21-17(26)12-2-7-15(19)16(20)10-12/h2-7,10H,8-9H2,1H3,(H,21,26)(H,23,25)(H2,22,24,27). The number of nitrogens with one attached hydrogen (secondary N) is 4. The van der Waals surface area contributed by atoms with Crippen LogP contribution in [0.2, 0.25) is 10.0 Å². The van der Waals surface area contributed by atoms with Crippen molar-refractivity contribution >= 4 is 52.4 Å². The molecule has 0 fully saturated rings. The Morgan fingerprint density at radius 1 is 0.815 bits per heavy atom. The van der Waals surface area contributed by atoms with Crippen LogP contribution in [0.5, 0.6) is 0 Å². The first-order chi connectivity index (χ1) is 12.8. The molecule has 0 saturated carbocycles. The van der Waals surface area contributed by atoms with Crippen molar-refractivity contribution in [1.82, 2.24) is 10.6 Å². The number of hydrogen-bond donors (Lipinski definition) is 4. The molecule has 0 saturated heterocycles. The SMILES string of the molecule is CC(=O)Nc1ccc(NC(=O)NCCNC(=O)c2ccc(Cl)c(Cl)c2)cc1. The highest BCUT2D eigenvalue weighted by Crippen LogP contribution is 2.22. The summed E-state index contributed by atoms with van der Waals surface area (Å²) >= 11 is 11.7. The predicted octanol–water partition coefficient (Wildman–Crippen LogP) is 3.50. The Bertz CT molecular complexity index is 841. The first-order valence-electron chi connectivity index (χ1n) is 8.01. The zero-order valence-corrected chi connectivity index (χ0v) is 15.9. The average molecular weight is 409 g/mol. The molecule has 0 unspecified atom stereocenters. The lowest BCUT2D eigenvalue weighted by molar-refractivity contribution is -0.114. The lowest BCUT2D eigenvalue weighted by Gasteiger charge is -2.10. The zero-order valence-electron chi connectivity index (χ0n) is 14.4. The maximum absolute atomic E-state index is 12.0. The Balaban J connectivity index is 1.72. The van der Waals surface area contributed by atoms with Gasteiger partial charge in [-0.25, -0.2) is 4.79 Å². The molecule has 0 heterocycles. The zero-order chi connectivity index (χ0) is 19.8. The van der Waals surface area contributed by atoms with Gasteiger partial charge in [0.05, 0.1) is 10.0 Å². The summed E-state index contributed by atoms with van der Waals surface area (Å²) in [5.74, 6) is -0.485. The van der Waals surface area contributed by atoms with E-state index in [1.54, 1.807) is 36.4 Å². The van der Waals surface area contributed by atoms with Crippen molar-refractivity contribution in [2.24, 2.45) is 0 Å². The van der Waals surface area contributed by atoms with Crippen LogP contribution in [0.4, 0.5) is 16.2 Å². The molecule has 2 aromatic rings. The quantitative estimate of drug-likeness (QED) is 0.550. The van der Waals surface area contributed by atoms with Crippen LogP contribution in [0.15, 0.2) is 42.5 Å². The van der Waals surface area contributed by atoms with Crippen molar-refractivity contribution in [2.75, 3.05) is 23.7 Å². The summed E-state index contributed by atoms with van der Waals surface area (Å²) in [6.07, 6.45) is 0. The summed E-state index contributed by atoms with van der Waals surface area (Å²) in [6.45, 7) is 1.90. The van der Waals surface area contributed by atoms with Gasteiger partial charge in [0.2, 0.25) is 5.91 Å². The summed E-state index contributed by atoms with van der Waals surface area (Å²) in [4.78, 5) is 34.8. The van der Waals surface area contributed by atoms with E-state index in [9.17, 15) is 14.4 Å². The molecule has 142 valence electrons. The fraction of sp³-hybridized carbons (Fsp3) is 0.167. The van der Waals surface area contributed by atoms with E-state index in [0.29, 0.717) is 27.0 Å². The third kappa shape index (κ3) is 6.80. The van der Waals surface area contributed by atoms with Crippen molar-refractivity contribution in [1.29, 1.82) is 0 Å². The lowest BCUT2D eigenvalue weighted by atomic mass is 10.2. The molecule has 4 amide bonds. The van der Waals surface area contributed by atoms with E-state index in [4.69, 9.17) is 23.2 Å². The molecule has 27 heavy (non-hydrogen) atoms. The molecule has 0 atom stereocenters. The van der Waals surface area contributed by atoms with Gasteiger partial charge in [-0.2, -0.15) is 0 Å². The van der Waals surface area contributed by atoms with Gasteiger partial charge in [-0.05, 0) is 42.5 Å². The van der Waals surface area contributed by atoms with Crippen LogP contribution >= 0.6 is 23.2 Å². The third-order valence-electron chi connectivity index (χ3n) is 3.34. The maximum Gasteiger partial charge on any atom is 0.319 e. The molecule has 0 aliphatic carbocycles. The van der Waals surface area contributed by atoms with E-state index in [-0.39, 0.29) is 24.9 Å². The van der Waals surface area contributed by atoms with Crippen molar-refractivity contribution in [3.05, 3.63) is 58.1 Å². The highest BCUT2D eigenvalue weighted by Gasteiger charge is 2.08. The highest BCUT2D eigenvalue weighted by atomic mass is 35.5. The van der Waals surface area contributed by atoms with Crippen molar-refractivity contribution in [2.45, 2.75) is 6.92 Å². The van der Waals surface area contributed by atoms with Crippen LogP contribution in [0.3, 0.4) is 0 Å². The second-order valence-electron chi connectivity index (χ2n) is 5.52. The Kier molecular flexibility index (Phi) is 7.45. The van der Waals surface area contributed by atoms with Gasteiger partial charge in [0.15, 0.2) is 0 Å². The Morgan fingerprint density at radius 2 is 1.41 bits per heavy atom. The third-order valence-corrected chi connectivity index (χ3v) is 4.08. The van der Waals surface area contributed by atoms with Crippen LogP contribution in [0.1, 0.15) is 17.3 Å². The van der Waals surface area contributed by atoms with Crippen LogP contribution in [-0.2, 0) is 4.79 Å². The van der Waals surface area contributed by atoms with Gasteiger partial charge in [0.1, 0.15) is 0 Å². The molecule has 0 radical (unpaired) electrons. The molecular weight excluding hydrogens is 391 g/mol. The molecule has 7 nitrogen and oxygen atoms in total. The number of halogens is 2. The number of rotatable bonds is 6. The molecule has 0 aromatic heterocycles. The molecule has 2 aromatic carbocycles. The van der Waals surface area contributed by atoms with Gasteiger partial charge < -0.3 is 21.3 Å². The van der Waals surface area contributed by atoms with Gasteiger partial charge in [-0.15, -0.1) is 0 Å². The fourth-order valence-corrected chi connectivity index (χ4v) is 2.41. The number of carbonyl (C=O) groups excluding carboxylic acids is 3. The Hall–Kier alpha value is -2.77. The lowest BCUT2D eigenvalue weighted by Crippen LogP contribution is -2.36. The normalized spacial score (nSPS) is 10.0. The number of anilines is 2. The fourth-order valence-electron chi connectivity index (χ4n) is 2.11. The van der Waals surface area contributed by atoms with E-state index >= 15 is 0 Å². The van der Waals surface area contributed by atoms with E-state index < -0.39 is 6.03 Å². The minimum absolute atomic E-state index is 0.170. The minimum Gasteiger partial charge on any atom is -0.350 e. The summed E-state index contributed by atoms with van der Waals surface area (Å²) in [6, 6.07) is 10.8. The number of urea groups is 1. The monoisotopic (exact) mass is 408 g/mol. The number of amides is 4. The Labute approximate surface area is 166 Å². The van der Waals surface area contributed by atoms with Gasteiger partial charge in [-0.3, -0.25) is 9.59 Å². The predicted molar refractivity (Wildman–Crippen MR) is 107 cm³/mol. The van der Waals surface area contributed by atoms with E-state index in [1.807, 2.05) is 0 Å². The van der Waals surface area contributed by atoms with Crippen molar-refractivity contribution in [3.8, 4) is 0 Å². The second kappa shape index (κ2) is 9.80. The van der Waals surface area contributed by atoms with Gasteiger partial charge in [0, 0.05) is 37.0 Å². The van der Waals surface area contributed by atoms with E-state index in [2.05, 4.69) is 21.3 Å². The molecular formula is C18H18Cl2N4O3. The second-order valence-corrected chi connectivity index (χ2v) is 6.34. The van der Waals surface area contributed by atoms with Crippen LogP contribution in [-0.4, -0.2) is 30.9 Å². The molecule has 0 bridgehead atoms. The van der Waals surface area contributed by atoms with Crippen LogP contribution in [0.25, 0.3) is 0 Å². The Morgan fingerprint density at radius 3 is 2.00 bits per heavy atom. The summed E-state index contributed by atoms with van der Waals surface area (Å²) in [5.41, 5.74) is 1.59. The smallest absolute Gasteiger partial charge is 0.319 e. The van der Waals surface area contributed by atoms with Gasteiger partial charge in [0.25, 0.3) is 5.91 Å². The molecule has 0 aliphatic rings. The topological polar surface area (TPSA) is 99.3 Å². The van der Waals surface area contributed by atoms with E-state index in [1.165, 1.54) is 13.0 Å². The number of carbonyl (C=O) groups is 3.